The molecule has 1 N–H and O–H groups in total. The lowest BCUT2D eigenvalue weighted by atomic mass is 9.88. The zero-order valence-corrected chi connectivity index (χ0v) is 16.3. The van der Waals surface area contributed by atoms with Crippen molar-refractivity contribution in [2.75, 3.05) is 39.4 Å². The van der Waals surface area contributed by atoms with E-state index in [-0.39, 0.29) is 6.09 Å². The largest absolute Gasteiger partial charge is 0.494 e. The fourth-order valence-corrected chi connectivity index (χ4v) is 3.55. The number of piperidine rings is 1. The summed E-state index contributed by atoms with van der Waals surface area (Å²) >= 11 is 0. The molecular weight excluding hydrogens is 328 g/mol. The van der Waals surface area contributed by atoms with Gasteiger partial charge in [-0.3, -0.25) is 0 Å². The van der Waals surface area contributed by atoms with Gasteiger partial charge in [0.15, 0.2) is 0 Å². The summed E-state index contributed by atoms with van der Waals surface area (Å²) in [5.74, 6) is 1.67. The van der Waals surface area contributed by atoms with Gasteiger partial charge in [0, 0.05) is 6.54 Å². The average Bonchev–Trinajstić information content (AvgIpc) is 2.66. The highest BCUT2D eigenvalue weighted by molar-refractivity contribution is 5.66. The second kappa shape index (κ2) is 11.8. The van der Waals surface area contributed by atoms with Crippen LogP contribution in [0.4, 0.5) is 4.79 Å². The highest BCUT2D eigenvalue weighted by Crippen LogP contribution is 2.34. The lowest BCUT2D eigenvalue weighted by Gasteiger charge is -2.32. The van der Waals surface area contributed by atoms with Crippen LogP contribution in [0.1, 0.15) is 57.4 Å². The summed E-state index contributed by atoms with van der Waals surface area (Å²) in [7, 11) is 0. The van der Waals surface area contributed by atoms with Crippen molar-refractivity contribution in [1.82, 2.24) is 10.2 Å². The molecule has 0 aromatic heterocycles. The molecule has 2 rings (SSSR count). The summed E-state index contributed by atoms with van der Waals surface area (Å²) < 4.78 is 10.9. The number of nitrogens with zero attached hydrogens (tertiary/aromatic N) is 1. The number of hydrogen-bond donors (Lipinski definition) is 1. The lowest BCUT2D eigenvalue weighted by molar-refractivity contribution is 0.143. The number of carbonyl (C=O) groups excluding carboxylic acids is 1. The molecule has 1 aromatic carbocycles. The molecule has 1 fully saturated rings. The maximum absolute atomic E-state index is 11.2. The third-order valence-electron chi connectivity index (χ3n) is 4.92. The Morgan fingerprint density at radius 2 is 1.92 bits per heavy atom. The maximum Gasteiger partial charge on any atom is 0.407 e. The zero-order chi connectivity index (χ0) is 18.6. The van der Waals surface area contributed by atoms with Crippen molar-refractivity contribution in [3.8, 4) is 5.75 Å². The quantitative estimate of drug-likeness (QED) is 0.634. The monoisotopic (exact) mass is 362 g/mol. The smallest absolute Gasteiger partial charge is 0.407 e. The number of amides is 1. The average molecular weight is 363 g/mol. The van der Waals surface area contributed by atoms with Gasteiger partial charge in [0.2, 0.25) is 0 Å². The van der Waals surface area contributed by atoms with Gasteiger partial charge < -0.3 is 19.7 Å². The number of unbranched alkanes of at least 4 members (excludes halogenated alkanes) is 2. The van der Waals surface area contributed by atoms with Crippen LogP contribution in [-0.4, -0.2) is 50.4 Å². The Balaban J connectivity index is 1.61. The molecule has 0 unspecified atom stereocenters. The van der Waals surface area contributed by atoms with E-state index in [9.17, 15) is 4.79 Å². The van der Waals surface area contributed by atoms with Crippen molar-refractivity contribution in [2.45, 2.75) is 51.9 Å². The minimum atomic E-state index is -0.304. The van der Waals surface area contributed by atoms with Crippen molar-refractivity contribution in [3.63, 3.8) is 0 Å². The molecule has 0 spiro atoms. The number of likely N-dealkylation sites (tertiary alicyclic amines) is 1. The van der Waals surface area contributed by atoms with Crippen LogP contribution in [0.2, 0.25) is 0 Å². The fourth-order valence-electron chi connectivity index (χ4n) is 3.55. The van der Waals surface area contributed by atoms with Crippen molar-refractivity contribution in [3.05, 3.63) is 29.8 Å². The third-order valence-corrected chi connectivity index (χ3v) is 4.92. The number of benzene rings is 1. The van der Waals surface area contributed by atoms with Gasteiger partial charge in [-0.25, -0.2) is 4.79 Å². The van der Waals surface area contributed by atoms with E-state index in [1.807, 2.05) is 13.8 Å². The van der Waals surface area contributed by atoms with Gasteiger partial charge in [-0.05, 0) is 83.1 Å². The van der Waals surface area contributed by atoms with E-state index in [0.29, 0.717) is 19.1 Å². The summed E-state index contributed by atoms with van der Waals surface area (Å²) in [5, 5.41) is 2.64. The minimum Gasteiger partial charge on any atom is -0.494 e. The number of alkyl carbamates (subject to hydrolysis) is 1. The molecule has 146 valence electrons. The molecule has 0 aliphatic carbocycles. The maximum atomic E-state index is 11.2. The molecule has 1 aliphatic rings. The summed E-state index contributed by atoms with van der Waals surface area (Å²) in [6.07, 6.45) is 5.30. The Morgan fingerprint density at radius 1 is 1.15 bits per heavy atom. The second-order valence-corrected chi connectivity index (χ2v) is 6.81. The number of carbonyl (C=O) groups is 1. The van der Waals surface area contributed by atoms with E-state index in [0.717, 1.165) is 44.8 Å². The first kappa shape index (κ1) is 20.6. The van der Waals surface area contributed by atoms with Crippen molar-refractivity contribution in [1.29, 1.82) is 0 Å². The Hall–Kier alpha value is -1.75. The summed E-state index contributed by atoms with van der Waals surface area (Å²) in [6.45, 7) is 9.23. The van der Waals surface area contributed by atoms with Crippen LogP contribution >= 0.6 is 0 Å². The molecule has 1 amide bonds. The van der Waals surface area contributed by atoms with Gasteiger partial charge in [0.25, 0.3) is 0 Å². The predicted octanol–water partition coefficient (Wildman–Crippen LogP) is 4.18. The van der Waals surface area contributed by atoms with Gasteiger partial charge in [-0.2, -0.15) is 0 Å². The minimum absolute atomic E-state index is 0.304. The highest BCUT2D eigenvalue weighted by Gasteiger charge is 2.22. The predicted molar refractivity (Wildman–Crippen MR) is 105 cm³/mol. The Bertz CT molecular complexity index is 528. The van der Waals surface area contributed by atoms with Crippen molar-refractivity contribution >= 4 is 6.09 Å². The lowest BCUT2D eigenvalue weighted by Crippen LogP contribution is -2.33. The first-order chi connectivity index (χ1) is 12.7. The highest BCUT2D eigenvalue weighted by atomic mass is 16.5. The second-order valence-electron chi connectivity index (χ2n) is 6.81. The molecule has 1 aromatic rings. The SMILES string of the molecule is CCNC(=O)OCCCCCN1CCC(c2ccccc2OCC)CC1. The van der Waals surface area contributed by atoms with Gasteiger partial charge in [0.05, 0.1) is 13.2 Å². The fraction of sp³-hybridized carbons (Fsp3) is 0.667. The van der Waals surface area contributed by atoms with E-state index in [1.165, 1.54) is 24.8 Å². The molecule has 1 saturated heterocycles. The zero-order valence-electron chi connectivity index (χ0n) is 16.3. The van der Waals surface area contributed by atoms with E-state index < -0.39 is 0 Å². The number of nitrogens with one attached hydrogen (secondary N) is 1. The third kappa shape index (κ3) is 6.87. The Labute approximate surface area is 158 Å². The number of hydrogen-bond acceptors (Lipinski definition) is 4. The molecule has 0 bridgehead atoms. The number of ether oxygens (including phenoxy) is 2. The van der Waals surface area contributed by atoms with Gasteiger partial charge in [-0.15, -0.1) is 0 Å². The van der Waals surface area contributed by atoms with Gasteiger partial charge in [-0.1, -0.05) is 18.2 Å². The van der Waals surface area contributed by atoms with Crippen LogP contribution in [0.15, 0.2) is 24.3 Å². The van der Waals surface area contributed by atoms with Crippen molar-refractivity contribution < 1.29 is 14.3 Å². The molecule has 0 radical (unpaired) electrons. The summed E-state index contributed by atoms with van der Waals surface area (Å²) in [5.41, 5.74) is 1.37. The van der Waals surface area contributed by atoms with E-state index >= 15 is 0 Å². The number of rotatable bonds is 10. The first-order valence-electron chi connectivity index (χ1n) is 10.1. The Kier molecular flexibility index (Phi) is 9.32. The molecule has 5 heteroatoms. The van der Waals surface area contributed by atoms with Crippen LogP contribution in [0.25, 0.3) is 0 Å². The molecular formula is C21H34N2O3. The van der Waals surface area contributed by atoms with Crippen LogP contribution in [0, 0.1) is 0 Å². The van der Waals surface area contributed by atoms with E-state index in [4.69, 9.17) is 9.47 Å². The first-order valence-corrected chi connectivity index (χ1v) is 10.1. The molecule has 0 saturated carbocycles. The molecule has 1 heterocycles. The van der Waals surface area contributed by atoms with Crippen LogP contribution in [-0.2, 0) is 4.74 Å². The normalized spacial score (nSPS) is 15.6. The van der Waals surface area contributed by atoms with Crippen LogP contribution < -0.4 is 10.1 Å². The van der Waals surface area contributed by atoms with E-state index in [1.54, 1.807) is 0 Å². The van der Waals surface area contributed by atoms with Crippen molar-refractivity contribution in [2.24, 2.45) is 0 Å². The van der Waals surface area contributed by atoms with Crippen LogP contribution in [0.5, 0.6) is 5.75 Å². The topological polar surface area (TPSA) is 50.8 Å². The molecule has 1 aliphatic heterocycles. The van der Waals surface area contributed by atoms with Crippen LogP contribution in [0.3, 0.4) is 0 Å². The Morgan fingerprint density at radius 3 is 2.65 bits per heavy atom. The molecule has 26 heavy (non-hydrogen) atoms. The molecule has 5 nitrogen and oxygen atoms in total. The standard InChI is InChI=1S/C21H34N2O3/c1-3-22-21(24)26-17-9-5-8-14-23-15-12-18(13-16-23)19-10-6-7-11-20(19)25-4-2/h6-7,10-11,18H,3-5,8-9,12-17H2,1-2H3,(H,22,24). The number of para-hydroxylation sites is 1. The van der Waals surface area contributed by atoms with E-state index in [2.05, 4.69) is 34.5 Å². The molecule has 0 atom stereocenters. The van der Waals surface area contributed by atoms with Gasteiger partial charge >= 0.3 is 6.09 Å². The summed E-state index contributed by atoms with van der Waals surface area (Å²) in [4.78, 5) is 13.7. The summed E-state index contributed by atoms with van der Waals surface area (Å²) in [6, 6.07) is 8.49. The van der Waals surface area contributed by atoms with Gasteiger partial charge in [0.1, 0.15) is 5.75 Å².